The lowest BCUT2D eigenvalue weighted by molar-refractivity contribution is -0.123. The second-order valence-electron chi connectivity index (χ2n) is 7.84. The summed E-state index contributed by atoms with van der Waals surface area (Å²) in [5.74, 6) is 1.96. The van der Waals surface area contributed by atoms with Crippen molar-refractivity contribution in [2.75, 3.05) is 20.8 Å². The van der Waals surface area contributed by atoms with Crippen LogP contribution < -0.4 is 19.5 Å². The zero-order chi connectivity index (χ0) is 24.8. The number of rotatable bonds is 9. The zero-order valence-corrected chi connectivity index (χ0v) is 20.5. The summed E-state index contributed by atoms with van der Waals surface area (Å²) in [5, 5.41) is 3.43. The van der Waals surface area contributed by atoms with Crippen molar-refractivity contribution in [1.82, 2.24) is 14.9 Å². The van der Waals surface area contributed by atoms with Gasteiger partial charge in [-0.15, -0.1) is 0 Å². The number of nitrogens with one attached hydrogen (secondary N) is 1. The lowest BCUT2D eigenvalue weighted by atomic mass is 10.0. The summed E-state index contributed by atoms with van der Waals surface area (Å²) in [6.45, 7) is -0.216. The van der Waals surface area contributed by atoms with Crippen molar-refractivity contribution in [2.45, 2.75) is 6.04 Å². The van der Waals surface area contributed by atoms with Gasteiger partial charge in [-0.3, -0.25) is 4.79 Å². The molecule has 0 bridgehead atoms. The van der Waals surface area contributed by atoms with Gasteiger partial charge in [0.1, 0.15) is 29.1 Å². The molecule has 0 fully saturated rings. The van der Waals surface area contributed by atoms with E-state index in [9.17, 15) is 4.79 Å². The van der Waals surface area contributed by atoms with Crippen molar-refractivity contribution >= 4 is 17.5 Å². The van der Waals surface area contributed by atoms with Gasteiger partial charge in [0.2, 0.25) is 0 Å². The number of carbonyl (C=O) groups is 1. The summed E-state index contributed by atoms with van der Waals surface area (Å²) in [5.41, 5.74) is 2.77. The SMILES string of the molecule is COc1cc(OC)cc(C(NC(=O)COc2ccc(-c3ccccc3)cc2Cl)c2nccn2C)c1. The normalized spacial score (nSPS) is 11.5. The lowest BCUT2D eigenvalue weighted by Crippen LogP contribution is -2.34. The van der Waals surface area contributed by atoms with E-state index in [-0.39, 0.29) is 12.5 Å². The van der Waals surface area contributed by atoms with Gasteiger partial charge in [0.05, 0.1) is 19.2 Å². The first kappa shape index (κ1) is 24.2. The van der Waals surface area contributed by atoms with Crippen molar-refractivity contribution < 1.29 is 19.0 Å². The van der Waals surface area contributed by atoms with Crippen LogP contribution in [0.2, 0.25) is 5.02 Å². The van der Waals surface area contributed by atoms with Crippen LogP contribution in [0.4, 0.5) is 0 Å². The lowest BCUT2D eigenvalue weighted by Gasteiger charge is -2.21. The highest BCUT2D eigenvalue weighted by molar-refractivity contribution is 6.32. The number of benzene rings is 3. The number of methoxy groups -OCH3 is 2. The highest BCUT2D eigenvalue weighted by Crippen LogP contribution is 2.31. The van der Waals surface area contributed by atoms with E-state index in [2.05, 4.69) is 10.3 Å². The maximum atomic E-state index is 12.9. The van der Waals surface area contributed by atoms with Gasteiger partial charge < -0.3 is 24.1 Å². The molecule has 0 aliphatic heterocycles. The Balaban J connectivity index is 1.51. The summed E-state index contributed by atoms with van der Waals surface area (Å²) in [6.07, 6.45) is 3.49. The van der Waals surface area contributed by atoms with Crippen molar-refractivity contribution in [3.63, 3.8) is 0 Å². The predicted octanol–water partition coefficient (Wildman–Crippen LogP) is 5.04. The fraction of sp³-hybridized carbons (Fsp3) is 0.185. The Bertz CT molecular complexity index is 1280. The monoisotopic (exact) mass is 491 g/mol. The Hall–Kier alpha value is -3.97. The van der Waals surface area contributed by atoms with E-state index in [4.69, 9.17) is 25.8 Å². The number of aryl methyl sites for hydroxylation is 1. The molecule has 0 aliphatic rings. The van der Waals surface area contributed by atoms with E-state index in [1.165, 1.54) is 0 Å². The minimum atomic E-state index is -0.550. The second kappa shape index (κ2) is 11.0. The topological polar surface area (TPSA) is 74.6 Å². The maximum absolute atomic E-state index is 12.9. The molecule has 1 N–H and O–H groups in total. The quantitative estimate of drug-likeness (QED) is 0.355. The third-order valence-electron chi connectivity index (χ3n) is 5.53. The molecule has 0 radical (unpaired) electrons. The Labute approximate surface area is 209 Å². The Morgan fingerprint density at radius 3 is 2.31 bits per heavy atom. The Kier molecular flexibility index (Phi) is 7.57. The standard InChI is InChI=1S/C27H26ClN3O4/c1-31-12-11-29-27(31)26(20-13-21(33-2)16-22(14-20)34-3)30-25(32)17-35-24-10-9-19(15-23(24)28)18-7-5-4-6-8-18/h4-16,26H,17H2,1-3H3,(H,30,32). The van der Waals surface area contributed by atoms with Gasteiger partial charge in [0, 0.05) is 25.5 Å². The molecule has 1 heterocycles. The molecule has 0 saturated carbocycles. The number of hydrogen-bond donors (Lipinski definition) is 1. The molecule has 180 valence electrons. The summed E-state index contributed by atoms with van der Waals surface area (Å²) in [7, 11) is 5.02. The third kappa shape index (κ3) is 5.75. The maximum Gasteiger partial charge on any atom is 0.258 e. The largest absolute Gasteiger partial charge is 0.497 e. The fourth-order valence-electron chi connectivity index (χ4n) is 3.72. The molecule has 35 heavy (non-hydrogen) atoms. The van der Waals surface area contributed by atoms with Crippen molar-refractivity contribution in [3.05, 3.63) is 95.5 Å². The molecule has 1 atom stereocenters. The van der Waals surface area contributed by atoms with Gasteiger partial charge in [-0.2, -0.15) is 0 Å². The molecule has 1 aromatic heterocycles. The molecule has 0 aliphatic carbocycles. The number of aromatic nitrogens is 2. The van der Waals surface area contributed by atoms with Gasteiger partial charge in [0.15, 0.2) is 6.61 Å². The van der Waals surface area contributed by atoms with Crippen LogP contribution in [0, 0.1) is 0 Å². The highest BCUT2D eigenvalue weighted by atomic mass is 35.5. The third-order valence-corrected chi connectivity index (χ3v) is 5.82. The zero-order valence-electron chi connectivity index (χ0n) is 19.7. The van der Waals surface area contributed by atoms with E-state index in [1.807, 2.05) is 72.4 Å². The van der Waals surface area contributed by atoms with Gasteiger partial charge in [-0.25, -0.2) is 4.98 Å². The minimum Gasteiger partial charge on any atom is -0.497 e. The van der Waals surface area contributed by atoms with Crippen LogP contribution in [0.25, 0.3) is 11.1 Å². The molecule has 7 nitrogen and oxygen atoms in total. The van der Waals surface area contributed by atoms with Gasteiger partial charge in [0.25, 0.3) is 5.91 Å². The van der Waals surface area contributed by atoms with Crippen molar-refractivity contribution in [1.29, 1.82) is 0 Å². The summed E-state index contributed by atoms with van der Waals surface area (Å²) < 4.78 is 18.4. The molecule has 8 heteroatoms. The van der Waals surface area contributed by atoms with Crippen LogP contribution in [0.15, 0.2) is 79.1 Å². The van der Waals surface area contributed by atoms with E-state index >= 15 is 0 Å². The van der Waals surface area contributed by atoms with Crippen LogP contribution in [-0.2, 0) is 11.8 Å². The minimum absolute atomic E-state index is 0.216. The van der Waals surface area contributed by atoms with Crippen LogP contribution in [0.3, 0.4) is 0 Å². The van der Waals surface area contributed by atoms with E-state index < -0.39 is 6.04 Å². The molecule has 3 aromatic carbocycles. The Morgan fingerprint density at radius 1 is 1.00 bits per heavy atom. The summed E-state index contributed by atoms with van der Waals surface area (Å²) in [4.78, 5) is 17.4. The van der Waals surface area contributed by atoms with Crippen LogP contribution in [-0.4, -0.2) is 36.3 Å². The molecule has 0 saturated heterocycles. The van der Waals surface area contributed by atoms with Gasteiger partial charge in [-0.05, 0) is 41.0 Å². The molecule has 0 spiro atoms. The number of halogens is 1. The molecule has 1 unspecified atom stereocenters. The first-order valence-corrected chi connectivity index (χ1v) is 11.3. The molecular weight excluding hydrogens is 466 g/mol. The van der Waals surface area contributed by atoms with Gasteiger partial charge in [-0.1, -0.05) is 48.0 Å². The van der Waals surface area contributed by atoms with Crippen LogP contribution in [0.5, 0.6) is 17.2 Å². The molecule has 4 rings (SSSR count). The number of carbonyl (C=O) groups excluding carboxylic acids is 1. The fourth-order valence-corrected chi connectivity index (χ4v) is 3.96. The van der Waals surface area contributed by atoms with E-state index in [0.717, 1.165) is 16.7 Å². The van der Waals surface area contributed by atoms with Crippen LogP contribution >= 0.6 is 11.6 Å². The number of nitrogens with zero attached hydrogens (tertiary/aromatic N) is 2. The molecule has 4 aromatic rings. The second-order valence-corrected chi connectivity index (χ2v) is 8.25. The number of amides is 1. The Morgan fingerprint density at radius 2 is 1.71 bits per heavy atom. The van der Waals surface area contributed by atoms with Gasteiger partial charge >= 0.3 is 0 Å². The summed E-state index contributed by atoms with van der Waals surface area (Å²) >= 11 is 6.44. The first-order chi connectivity index (χ1) is 17.0. The van der Waals surface area contributed by atoms with Crippen molar-refractivity contribution in [2.24, 2.45) is 7.05 Å². The number of hydrogen-bond acceptors (Lipinski definition) is 5. The number of ether oxygens (including phenoxy) is 3. The van der Waals surface area contributed by atoms with E-state index in [1.54, 1.807) is 32.5 Å². The first-order valence-electron chi connectivity index (χ1n) is 11.0. The average Bonchev–Trinajstić information content (AvgIpc) is 3.32. The van der Waals surface area contributed by atoms with E-state index in [0.29, 0.717) is 28.1 Å². The molecule has 1 amide bonds. The summed E-state index contributed by atoms with van der Waals surface area (Å²) in [6, 6.07) is 20.3. The highest BCUT2D eigenvalue weighted by Gasteiger charge is 2.23. The van der Waals surface area contributed by atoms with Crippen LogP contribution in [0.1, 0.15) is 17.4 Å². The molecular formula is C27H26ClN3O4. The van der Waals surface area contributed by atoms with Crippen molar-refractivity contribution in [3.8, 4) is 28.4 Å². The average molecular weight is 492 g/mol. The smallest absolute Gasteiger partial charge is 0.258 e. The predicted molar refractivity (Wildman–Crippen MR) is 135 cm³/mol. The number of imidazole rings is 1.